The molecule has 174 valence electrons. The molecule has 4 aliphatic carbocycles. The van der Waals surface area contributed by atoms with Crippen LogP contribution in [0, 0.1) is 34.5 Å². The van der Waals surface area contributed by atoms with Crippen LogP contribution in [0.1, 0.15) is 88.9 Å². The van der Waals surface area contributed by atoms with Crippen molar-refractivity contribution in [3.05, 3.63) is 35.9 Å². The van der Waals surface area contributed by atoms with Crippen LogP contribution >= 0.6 is 0 Å². The highest BCUT2D eigenvalue weighted by Gasteiger charge is 2.61. The van der Waals surface area contributed by atoms with E-state index in [9.17, 15) is 9.59 Å². The van der Waals surface area contributed by atoms with Crippen LogP contribution in [0.3, 0.4) is 0 Å². The van der Waals surface area contributed by atoms with Gasteiger partial charge in [-0.3, -0.25) is 4.79 Å². The van der Waals surface area contributed by atoms with Gasteiger partial charge in [-0.1, -0.05) is 32.0 Å². The Bertz CT molecular complexity index is 865. The van der Waals surface area contributed by atoms with Gasteiger partial charge in [0.1, 0.15) is 12.2 Å². The fraction of sp³-hybridized carbons (Fsp3) is 0.714. The molecule has 0 bridgehead atoms. The second-order valence-corrected chi connectivity index (χ2v) is 11.5. The minimum Gasteiger partial charge on any atom is -0.463 e. The van der Waals surface area contributed by atoms with Crippen molar-refractivity contribution < 1.29 is 19.1 Å². The van der Waals surface area contributed by atoms with E-state index >= 15 is 0 Å². The first-order valence-corrected chi connectivity index (χ1v) is 12.7. The average molecular weight is 439 g/mol. The molecule has 0 unspecified atom stereocenters. The lowest BCUT2D eigenvalue weighted by Gasteiger charge is -2.60. The van der Waals surface area contributed by atoms with Gasteiger partial charge in [0.2, 0.25) is 0 Å². The maximum atomic E-state index is 12.8. The summed E-state index contributed by atoms with van der Waals surface area (Å²) in [4.78, 5) is 24.3. The van der Waals surface area contributed by atoms with Gasteiger partial charge < -0.3 is 9.47 Å². The Morgan fingerprint density at radius 1 is 0.844 bits per heavy atom. The van der Waals surface area contributed by atoms with Gasteiger partial charge in [-0.25, -0.2) is 4.79 Å². The first-order chi connectivity index (χ1) is 15.3. The van der Waals surface area contributed by atoms with Crippen LogP contribution in [-0.2, 0) is 14.3 Å². The monoisotopic (exact) mass is 438 g/mol. The zero-order chi connectivity index (χ0) is 22.5. The van der Waals surface area contributed by atoms with E-state index in [0.717, 1.165) is 37.5 Å². The standard InChI is InChI=1S/C28H38O4/c1-18(29)31-21-13-15-27(2)20(17-21)9-10-22-23-11-12-25(28(23,3)16-14-24(22)27)32-26(30)19-7-5-4-6-8-19/h4-8,20-25H,9-17H2,1-3H3/t20-,21-,22+,23+,24+,25+,27-,28-/m0/s1. The number of hydrogen-bond donors (Lipinski definition) is 0. The summed E-state index contributed by atoms with van der Waals surface area (Å²) in [7, 11) is 0. The lowest BCUT2D eigenvalue weighted by molar-refractivity contribution is -0.161. The third kappa shape index (κ3) is 3.58. The second kappa shape index (κ2) is 8.18. The van der Waals surface area contributed by atoms with Crippen molar-refractivity contribution in [1.82, 2.24) is 0 Å². The Balaban J connectivity index is 1.30. The number of carbonyl (C=O) groups excluding carboxylic acids is 2. The summed E-state index contributed by atoms with van der Waals surface area (Å²) >= 11 is 0. The third-order valence-electron chi connectivity index (χ3n) is 10.1. The molecular formula is C28H38O4. The number of carbonyl (C=O) groups is 2. The van der Waals surface area contributed by atoms with Crippen LogP contribution in [0.25, 0.3) is 0 Å². The van der Waals surface area contributed by atoms with E-state index in [1.54, 1.807) is 0 Å². The molecule has 8 atom stereocenters. The molecule has 4 nitrogen and oxygen atoms in total. The van der Waals surface area contributed by atoms with Crippen molar-refractivity contribution in [2.75, 3.05) is 0 Å². The molecule has 0 saturated heterocycles. The predicted molar refractivity (Wildman–Crippen MR) is 123 cm³/mol. The molecule has 32 heavy (non-hydrogen) atoms. The quantitative estimate of drug-likeness (QED) is 0.528. The zero-order valence-electron chi connectivity index (χ0n) is 19.8. The summed E-state index contributed by atoms with van der Waals surface area (Å²) < 4.78 is 11.8. The molecule has 0 aromatic heterocycles. The molecule has 5 rings (SSSR count). The fourth-order valence-corrected chi connectivity index (χ4v) is 8.48. The van der Waals surface area contributed by atoms with E-state index in [1.807, 2.05) is 30.3 Å². The summed E-state index contributed by atoms with van der Waals surface area (Å²) in [6.45, 7) is 6.46. The predicted octanol–water partition coefficient (Wildman–Crippen LogP) is 6.19. The third-order valence-corrected chi connectivity index (χ3v) is 10.1. The second-order valence-electron chi connectivity index (χ2n) is 11.5. The largest absolute Gasteiger partial charge is 0.463 e. The molecule has 0 spiro atoms. The molecule has 0 amide bonds. The SMILES string of the molecule is CC(=O)O[C@H]1CC[C@@]2(C)[C@@H](CC[C@H]3[C@H]2CC[C@@]2(C)[C@@H]3CC[C@H]2OC(=O)c2ccccc2)C1. The number of benzene rings is 1. The molecule has 1 aromatic rings. The van der Waals surface area contributed by atoms with Crippen molar-refractivity contribution in [3.63, 3.8) is 0 Å². The van der Waals surface area contributed by atoms with Crippen molar-refractivity contribution >= 4 is 11.9 Å². The fourth-order valence-electron chi connectivity index (χ4n) is 8.48. The molecular weight excluding hydrogens is 400 g/mol. The summed E-state index contributed by atoms with van der Waals surface area (Å²) in [5.74, 6) is 2.50. The normalized spacial score (nSPS) is 42.8. The van der Waals surface area contributed by atoms with Gasteiger partial charge in [-0.05, 0) is 99.0 Å². The summed E-state index contributed by atoms with van der Waals surface area (Å²) in [5.41, 5.74) is 1.12. The van der Waals surface area contributed by atoms with Crippen LogP contribution in [0.2, 0.25) is 0 Å². The van der Waals surface area contributed by atoms with Gasteiger partial charge in [-0.2, -0.15) is 0 Å². The van der Waals surface area contributed by atoms with Crippen molar-refractivity contribution in [3.8, 4) is 0 Å². The summed E-state index contributed by atoms with van der Waals surface area (Å²) in [5, 5.41) is 0. The van der Waals surface area contributed by atoms with Crippen molar-refractivity contribution in [2.45, 2.75) is 90.8 Å². The molecule has 0 heterocycles. The average Bonchev–Trinajstić information content (AvgIpc) is 3.10. The summed E-state index contributed by atoms with van der Waals surface area (Å²) in [6.07, 6.45) is 10.5. The highest BCUT2D eigenvalue weighted by Crippen LogP contribution is 2.66. The number of fused-ring (bicyclic) bond motifs is 5. The number of esters is 2. The molecule has 4 saturated carbocycles. The Morgan fingerprint density at radius 2 is 1.56 bits per heavy atom. The van der Waals surface area contributed by atoms with E-state index < -0.39 is 0 Å². The first kappa shape index (κ1) is 22.0. The van der Waals surface area contributed by atoms with Gasteiger partial charge in [0.15, 0.2) is 0 Å². The van der Waals surface area contributed by atoms with Gasteiger partial charge in [0.25, 0.3) is 0 Å². The van der Waals surface area contributed by atoms with Crippen molar-refractivity contribution in [1.29, 1.82) is 0 Å². The number of hydrogen-bond acceptors (Lipinski definition) is 4. The molecule has 4 heteroatoms. The van der Waals surface area contributed by atoms with E-state index in [1.165, 1.54) is 39.0 Å². The van der Waals surface area contributed by atoms with Crippen LogP contribution in [0.5, 0.6) is 0 Å². The highest BCUT2D eigenvalue weighted by atomic mass is 16.5. The number of ether oxygens (including phenoxy) is 2. The number of rotatable bonds is 3. The molecule has 0 aliphatic heterocycles. The maximum Gasteiger partial charge on any atom is 0.338 e. The Labute approximate surface area is 192 Å². The van der Waals surface area contributed by atoms with Crippen LogP contribution in [0.15, 0.2) is 30.3 Å². The molecule has 1 aromatic carbocycles. The molecule has 0 radical (unpaired) electrons. The van der Waals surface area contributed by atoms with Gasteiger partial charge in [0, 0.05) is 12.3 Å². The minimum atomic E-state index is -0.168. The van der Waals surface area contributed by atoms with Crippen LogP contribution < -0.4 is 0 Å². The van der Waals surface area contributed by atoms with E-state index in [0.29, 0.717) is 22.8 Å². The highest BCUT2D eigenvalue weighted by molar-refractivity contribution is 5.89. The van der Waals surface area contributed by atoms with Gasteiger partial charge >= 0.3 is 11.9 Å². The van der Waals surface area contributed by atoms with E-state index in [2.05, 4.69) is 13.8 Å². The topological polar surface area (TPSA) is 52.6 Å². The van der Waals surface area contributed by atoms with E-state index in [-0.39, 0.29) is 29.6 Å². The molecule has 0 N–H and O–H groups in total. The zero-order valence-corrected chi connectivity index (χ0v) is 19.8. The van der Waals surface area contributed by atoms with Crippen LogP contribution in [0.4, 0.5) is 0 Å². The smallest absolute Gasteiger partial charge is 0.338 e. The lowest BCUT2D eigenvalue weighted by Crippen LogP contribution is -2.54. The Kier molecular flexibility index (Phi) is 5.62. The molecule has 4 fully saturated rings. The minimum absolute atomic E-state index is 0.0337. The molecule has 4 aliphatic rings. The Morgan fingerprint density at radius 3 is 2.31 bits per heavy atom. The maximum absolute atomic E-state index is 12.8. The summed E-state index contributed by atoms with van der Waals surface area (Å²) in [6, 6.07) is 9.43. The van der Waals surface area contributed by atoms with Crippen LogP contribution in [-0.4, -0.2) is 24.1 Å². The Hall–Kier alpha value is -1.84. The van der Waals surface area contributed by atoms with Gasteiger partial charge in [0.05, 0.1) is 5.56 Å². The lowest BCUT2D eigenvalue weighted by atomic mass is 9.45. The van der Waals surface area contributed by atoms with E-state index in [4.69, 9.17) is 9.47 Å². The first-order valence-electron chi connectivity index (χ1n) is 12.7. The van der Waals surface area contributed by atoms with Crippen molar-refractivity contribution in [2.24, 2.45) is 34.5 Å². The van der Waals surface area contributed by atoms with Gasteiger partial charge in [-0.15, -0.1) is 0 Å².